The van der Waals surface area contributed by atoms with Gasteiger partial charge in [0.25, 0.3) is 0 Å². The first-order valence-electron chi connectivity index (χ1n) is 6.65. The Hall–Kier alpha value is -0.0800. The van der Waals surface area contributed by atoms with Crippen LogP contribution in [0.1, 0.15) is 51.4 Å². The minimum absolute atomic E-state index is 0.175. The summed E-state index contributed by atoms with van der Waals surface area (Å²) in [4.78, 5) is 2.41. The van der Waals surface area contributed by atoms with E-state index >= 15 is 0 Å². The molecule has 2 aliphatic rings. The van der Waals surface area contributed by atoms with E-state index in [2.05, 4.69) is 11.9 Å². The van der Waals surface area contributed by atoms with E-state index in [9.17, 15) is 0 Å². The maximum absolute atomic E-state index is 6.53. The molecule has 0 radical (unpaired) electrons. The number of piperidine rings is 1. The molecule has 15 heavy (non-hydrogen) atoms. The third-order valence-electron chi connectivity index (χ3n) is 4.40. The number of hydrogen-bond acceptors (Lipinski definition) is 2. The van der Waals surface area contributed by atoms with E-state index in [1.165, 1.54) is 64.5 Å². The highest BCUT2D eigenvalue weighted by atomic mass is 15.1. The van der Waals surface area contributed by atoms with Crippen LogP contribution < -0.4 is 5.73 Å². The van der Waals surface area contributed by atoms with Gasteiger partial charge in [0.1, 0.15) is 0 Å². The SMILES string of the molecule is CN1CCC(N)(CC2CCCCC2)CC1. The Kier molecular flexibility index (Phi) is 3.68. The smallest absolute Gasteiger partial charge is 0.0181 e. The van der Waals surface area contributed by atoms with Gasteiger partial charge in [-0.3, -0.25) is 0 Å². The first-order chi connectivity index (χ1) is 7.18. The van der Waals surface area contributed by atoms with E-state index in [1.807, 2.05) is 0 Å². The fourth-order valence-corrected chi connectivity index (χ4v) is 3.23. The summed E-state index contributed by atoms with van der Waals surface area (Å²) in [5.41, 5.74) is 6.70. The van der Waals surface area contributed by atoms with Crippen LogP contribution in [0.25, 0.3) is 0 Å². The Bertz CT molecular complexity index is 189. The molecule has 1 heterocycles. The molecule has 1 saturated carbocycles. The van der Waals surface area contributed by atoms with Crippen LogP contribution in [0.4, 0.5) is 0 Å². The Morgan fingerprint density at radius 3 is 2.33 bits per heavy atom. The Balaban J connectivity index is 1.81. The highest BCUT2D eigenvalue weighted by Crippen LogP contribution is 2.33. The highest BCUT2D eigenvalue weighted by molar-refractivity contribution is 4.91. The van der Waals surface area contributed by atoms with Crippen LogP contribution in [-0.2, 0) is 0 Å². The second kappa shape index (κ2) is 4.84. The van der Waals surface area contributed by atoms with E-state index in [1.54, 1.807) is 0 Å². The lowest BCUT2D eigenvalue weighted by Crippen LogP contribution is -2.50. The summed E-state index contributed by atoms with van der Waals surface area (Å²) < 4.78 is 0. The standard InChI is InChI=1S/C13H26N2/c1-15-9-7-13(14,8-10-15)11-12-5-3-2-4-6-12/h12H,2-11,14H2,1H3. The minimum atomic E-state index is 0.175. The zero-order valence-electron chi connectivity index (χ0n) is 10.2. The number of hydrogen-bond donors (Lipinski definition) is 1. The van der Waals surface area contributed by atoms with Gasteiger partial charge in [0.2, 0.25) is 0 Å². The predicted octanol–water partition coefficient (Wildman–Crippen LogP) is 2.38. The molecule has 0 bridgehead atoms. The summed E-state index contributed by atoms with van der Waals surface area (Å²) in [6.07, 6.45) is 10.9. The predicted molar refractivity (Wildman–Crippen MR) is 64.8 cm³/mol. The molecule has 0 spiro atoms. The van der Waals surface area contributed by atoms with Crippen molar-refractivity contribution in [2.24, 2.45) is 11.7 Å². The van der Waals surface area contributed by atoms with Crippen molar-refractivity contribution < 1.29 is 0 Å². The largest absolute Gasteiger partial charge is 0.325 e. The van der Waals surface area contributed by atoms with Crippen molar-refractivity contribution in [2.45, 2.75) is 56.9 Å². The molecule has 0 amide bonds. The summed E-state index contributed by atoms with van der Waals surface area (Å²) in [6.45, 7) is 2.40. The van der Waals surface area contributed by atoms with Gasteiger partial charge in [-0.1, -0.05) is 32.1 Å². The maximum Gasteiger partial charge on any atom is 0.0181 e. The van der Waals surface area contributed by atoms with Gasteiger partial charge in [-0.05, 0) is 45.3 Å². The fourth-order valence-electron chi connectivity index (χ4n) is 3.23. The lowest BCUT2D eigenvalue weighted by molar-refractivity contribution is 0.152. The summed E-state index contributed by atoms with van der Waals surface area (Å²) >= 11 is 0. The van der Waals surface area contributed by atoms with Crippen molar-refractivity contribution in [1.29, 1.82) is 0 Å². The molecular weight excluding hydrogens is 184 g/mol. The van der Waals surface area contributed by atoms with Crippen LogP contribution in [0, 0.1) is 5.92 Å². The minimum Gasteiger partial charge on any atom is -0.325 e. The highest BCUT2D eigenvalue weighted by Gasteiger charge is 2.32. The first kappa shape index (κ1) is 11.4. The molecule has 1 aliphatic heterocycles. The third kappa shape index (κ3) is 3.18. The molecule has 1 saturated heterocycles. The molecule has 2 heteroatoms. The number of nitrogens with zero attached hydrogens (tertiary/aromatic N) is 1. The Morgan fingerprint density at radius 2 is 1.73 bits per heavy atom. The maximum atomic E-state index is 6.53. The van der Waals surface area contributed by atoms with Gasteiger partial charge in [-0.25, -0.2) is 0 Å². The molecule has 88 valence electrons. The number of nitrogens with two attached hydrogens (primary N) is 1. The molecule has 0 aromatic rings. The average molecular weight is 210 g/mol. The van der Waals surface area contributed by atoms with E-state index in [4.69, 9.17) is 5.73 Å². The van der Waals surface area contributed by atoms with E-state index in [0.717, 1.165) is 5.92 Å². The topological polar surface area (TPSA) is 29.3 Å². The fraction of sp³-hybridized carbons (Fsp3) is 1.00. The normalized spacial score (nSPS) is 29.2. The Morgan fingerprint density at radius 1 is 1.13 bits per heavy atom. The van der Waals surface area contributed by atoms with Crippen molar-refractivity contribution in [3.05, 3.63) is 0 Å². The second-order valence-electron chi connectivity index (χ2n) is 5.87. The summed E-state index contributed by atoms with van der Waals surface area (Å²) in [5, 5.41) is 0. The Labute approximate surface area is 94.2 Å². The quantitative estimate of drug-likeness (QED) is 0.758. The van der Waals surface area contributed by atoms with Gasteiger partial charge in [-0.2, -0.15) is 0 Å². The van der Waals surface area contributed by atoms with Crippen molar-refractivity contribution in [3.8, 4) is 0 Å². The molecule has 2 rings (SSSR count). The molecule has 2 N–H and O–H groups in total. The third-order valence-corrected chi connectivity index (χ3v) is 4.40. The lowest BCUT2D eigenvalue weighted by atomic mass is 9.76. The molecule has 1 aliphatic carbocycles. The zero-order chi connectivity index (χ0) is 10.7. The summed E-state index contributed by atoms with van der Waals surface area (Å²) in [6, 6.07) is 0. The van der Waals surface area contributed by atoms with Crippen LogP contribution in [0.3, 0.4) is 0 Å². The molecule has 0 aromatic heterocycles. The van der Waals surface area contributed by atoms with Crippen molar-refractivity contribution >= 4 is 0 Å². The van der Waals surface area contributed by atoms with Crippen molar-refractivity contribution in [3.63, 3.8) is 0 Å². The molecule has 0 atom stereocenters. The number of likely N-dealkylation sites (tertiary alicyclic amines) is 1. The van der Waals surface area contributed by atoms with Gasteiger partial charge in [-0.15, -0.1) is 0 Å². The van der Waals surface area contributed by atoms with Gasteiger partial charge in [0.15, 0.2) is 0 Å². The van der Waals surface area contributed by atoms with Gasteiger partial charge in [0.05, 0.1) is 0 Å². The lowest BCUT2D eigenvalue weighted by Gasteiger charge is -2.40. The van der Waals surface area contributed by atoms with E-state index in [0.29, 0.717) is 0 Å². The van der Waals surface area contributed by atoms with Gasteiger partial charge < -0.3 is 10.6 Å². The summed E-state index contributed by atoms with van der Waals surface area (Å²) in [5.74, 6) is 0.937. The van der Waals surface area contributed by atoms with Crippen LogP contribution in [-0.4, -0.2) is 30.6 Å². The van der Waals surface area contributed by atoms with Gasteiger partial charge >= 0.3 is 0 Å². The first-order valence-corrected chi connectivity index (χ1v) is 6.65. The number of rotatable bonds is 2. The molecule has 2 nitrogen and oxygen atoms in total. The molecule has 0 aromatic carbocycles. The van der Waals surface area contributed by atoms with Crippen LogP contribution in [0.2, 0.25) is 0 Å². The molecule has 0 unspecified atom stereocenters. The monoisotopic (exact) mass is 210 g/mol. The van der Waals surface area contributed by atoms with Crippen molar-refractivity contribution in [1.82, 2.24) is 4.90 Å². The molecular formula is C13H26N2. The van der Waals surface area contributed by atoms with E-state index < -0.39 is 0 Å². The van der Waals surface area contributed by atoms with E-state index in [-0.39, 0.29) is 5.54 Å². The second-order valence-corrected chi connectivity index (χ2v) is 5.87. The van der Waals surface area contributed by atoms with Crippen molar-refractivity contribution in [2.75, 3.05) is 20.1 Å². The van der Waals surface area contributed by atoms with Crippen LogP contribution in [0.5, 0.6) is 0 Å². The summed E-state index contributed by atoms with van der Waals surface area (Å²) in [7, 11) is 2.21. The van der Waals surface area contributed by atoms with Gasteiger partial charge in [0, 0.05) is 5.54 Å². The zero-order valence-corrected chi connectivity index (χ0v) is 10.2. The van der Waals surface area contributed by atoms with Crippen LogP contribution >= 0.6 is 0 Å². The van der Waals surface area contributed by atoms with Crippen LogP contribution in [0.15, 0.2) is 0 Å². The average Bonchev–Trinajstić information content (AvgIpc) is 2.24. The molecule has 2 fully saturated rings.